The fraction of sp³-hybridized carbons (Fsp3) is 0.0400. The Hall–Kier alpha value is -3.30. The molecule has 0 saturated carbocycles. The van der Waals surface area contributed by atoms with Crippen LogP contribution in [0.3, 0.4) is 0 Å². The van der Waals surface area contributed by atoms with Crippen LogP contribution in [0, 0.1) is 11.8 Å². The first-order chi connectivity index (χ1) is 12.3. The molecule has 0 nitrogen and oxygen atoms in total. The predicted octanol–water partition coefficient (Wildman–Crippen LogP) is 6.67. The van der Waals surface area contributed by atoms with Crippen molar-refractivity contribution in [3.05, 3.63) is 84.4 Å². The van der Waals surface area contributed by atoms with Crippen LogP contribution in [-0.2, 0) is 0 Å². The van der Waals surface area contributed by atoms with Gasteiger partial charge in [0, 0.05) is 5.56 Å². The molecule has 0 atom stereocenters. The van der Waals surface area contributed by atoms with Crippen LogP contribution in [0.1, 0.15) is 12.5 Å². The lowest BCUT2D eigenvalue weighted by molar-refractivity contribution is 1.71. The molecule has 0 aliphatic rings. The van der Waals surface area contributed by atoms with Crippen molar-refractivity contribution in [3.63, 3.8) is 0 Å². The first-order valence-electron chi connectivity index (χ1n) is 8.54. The minimum Gasteiger partial charge on any atom is -0.101 e. The Kier molecular flexibility index (Phi) is 3.02. The lowest BCUT2D eigenvalue weighted by atomic mass is 9.94. The van der Waals surface area contributed by atoms with E-state index in [4.69, 9.17) is 0 Å². The molecular weight excluding hydrogens is 300 g/mol. The molecule has 5 aromatic carbocycles. The minimum absolute atomic E-state index is 1.07. The molecule has 0 amide bonds. The Labute approximate surface area is 146 Å². The molecular formula is C25H16. The van der Waals surface area contributed by atoms with Crippen LogP contribution in [0.4, 0.5) is 0 Å². The quantitative estimate of drug-likeness (QED) is 0.170. The van der Waals surface area contributed by atoms with Gasteiger partial charge in [0.2, 0.25) is 0 Å². The maximum atomic E-state index is 3.15. The predicted molar refractivity (Wildman–Crippen MR) is 109 cm³/mol. The molecule has 0 aromatic heterocycles. The fourth-order valence-corrected chi connectivity index (χ4v) is 3.79. The lowest BCUT2D eigenvalue weighted by Gasteiger charge is -2.09. The van der Waals surface area contributed by atoms with Gasteiger partial charge in [0.05, 0.1) is 0 Å². The summed E-state index contributed by atoms with van der Waals surface area (Å²) in [6.07, 6.45) is 0. The normalized spacial score (nSPS) is 11.1. The molecule has 0 aliphatic carbocycles. The summed E-state index contributed by atoms with van der Waals surface area (Å²) in [7, 11) is 0. The summed E-state index contributed by atoms with van der Waals surface area (Å²) in [6, 6.07) is 28.6. The number of benzene rings is 5. The van der Waals surface area contributed by atoms with Gasteiger partial charge in [-0.1, -0.05) is 60.5 Å². The van der Waals surface area contributed by atoms with Crippen molar-refractivity contribution in [2.45, 2.75) is 6.92 Å². The third kappa shape index (κ3) is 2.17. The standard InChI is InChI=1S/C25H16/c1-2-5-17-8-11-22-20(14-17)9-13-24-23(22)12-10-21-15-18-6-3-4-7-19(18)16-25(21)24/h3-4,6-16H,1H3. The van der Waals surface area contributed by atoms with Crippen molar-refractivity contribution in [2.24, 2.45) is 0 Å². The molecule has 5 rings (SSSR count). The molecule has 0 heteroatoms. The van der Waals surface area contributed by atoms with E-state index in [0.717, 1.165) is 5.56 Å². The highest BCUT2D eigenvalue weighted by atomic mass is 14.1. The van der Waals surface area contributed by atoms with Crippen molar-refractivity contribution in [2.75, 3.05) is 0 Å². The van der Waals surface area contributed by atoms with E-state index in [1.807, 2.05) is 6.92 Å². The van der Waals surface area contributed by atoms with E-state index in [2.05, 4.69) is 90.7 Å². The summed E-state index contributed by atoms with van der Waals surface area (Å²) in [5.74, 6) is 6.12. The van der Waals surface area contributed by atoms with E-state index in [-0.39, 0.29) is 0 Å². The van der Waals surface area contributed by atoms with Gasteiger partial charge < -0.3 is 0 Å². The van der Waals surface area contributed by atoms with Gasteiger partial charge >= 0.3 is 0 Å². The molecule has 0 bridgehead atoms. The summed E-state index contributed by atoms with van der Waals surface area (Å²) in [5.41, 5.74) is 1.07. The van der Waals surface area contributed by atoms with Gasteiger partial charge in [-0.25, -0.2) is 0 Å². The Bertz CT molecular complexity index is 1340. The van der Waals surface area contributed by atoms with E-state index >= 15 is 0 Å². The molecule has 0 aliphatic heterocycles. The largest absolute Gasteiger partial charge is 0.101 e. The maximum Gasteiger partial charge on any atom is 0.0251 e. The van der Waals surface area contributed by atoms with Crippen LogP contribution < -0.4 is 0 Å². The smallest absolute Gasteiger partial charge is 0.0251 e. The Morgan fingerprint density at radius 3 is 1.92 bits per heavy atom. The molecule has 116 valence electrons. The van der Waals surface area contributed by atoms with Crippen LogP contribution in [-0.4, -0.2) is 0 Å². The number of hydrogen-bond acceptors (Lipinski definition) is 0. The van der Waals surface area contributed by atoms with Gasteiger partial charge in [-0.15, -0.1) is 5.92 Å². The van der Waals surface area contributed by atoms with Gasteiger partial charge in [-0.3, -0.25) is 0 Å². The SMILES string of the molecule is CC#Cc1ccc2c(ccc3c4cc5ccccc5cc4ccc23)c1. The van der Waals surface area contributed by atoms with E-state index in [0.29, 0.717) is 0 Å². The first kappa shape index (κ1) is 14.1. The second-order valence-corrected chi connectivity index (χ2v) is 6.46. The van der Waals surface area contributed by atoms with E-state index in [1.165, 1.54) is 43.1 Å². The van der Waals surface area contributed by atoms with Crippen LogP contribution in [0.5, 0.6) is 0 Å². The van der Waals surface area contributed by atoms with Crippen LogP contribution in [0.2, 0.25) is 0 Å². The molecule has 0 fully saturated rings. The second-order valence-electron chi connectivity index (χ2n) is 6.46. The van der Waals surface area contributed by atoms with Gasteiger partial charge in [0.15, 0.2) is 0 Å². The Morgan fingerprint density at radius 1 is 0.520 bits per heavy atom. The highest BCUT2D eigenvalue weighted by molar-refractivity contribution is 6.19. The summed E-state index contributed by atoms with van der Waals surface area (Å²) >= 11 is 0. The fourth-order valence-electron chi connectivity index (χ4n) is 3.79. The number of hydrogen-bond donors (Lipinski definition) is 0. The van der Waals surface area contributed by atoms with Crippen molar-refractivity contribution in [1.82, 2.24) is 0 Å². The van der Waals surface area contributed by atoms with Crippen molar-refractivity contribution < 1.29 is 0 Å². The average Bonchev–Trinajstić information content (AvgIpc) is 2.66. The van der Waals surface area contributed by atoms with Gasteiger partial charge in [-0.05, 0) is 74.3 Å². The molecule has 0 spiro atoms. The summed E-state index contributed by atoms with van der Waals surface area (Å²) in [5, 5.41) is 10.3. The third-order valence-electron chi connectivity index (χ3n) is 4.97. The summed E-state index contributed by atoms with van der Waals surface area (Å²) in [6.45, 7) is 1.88. The van der Waals surface area contributed by atoms with E-state index in [9.17, 15) is 0 Å². The minimum atomic E-state index is 1.07. The van der Waals surface area contributed by atoms with Crippen molar-refractivity contribution in [1.29, 1.82) is 0 Å². The molecule has 0 N–H and O–H groups in total. The zero-order valence-corrected chi connectivity index (χ0v) is 14.0. The topological polar surface area (TPSA) is 0 Å². The molecule has 0 saturated heterocycles. The average molecular weight is 316 g/mol. The third-order valence-corrected chi connectivity index (χ3v) is 4.97. The van der Waals surface area contributed by atoms with Crippen LogP contribution in [0.15, 0.2) is 78.9 Å². The lowest BCUT2D eigenvalue weighted by Crippen LogP contribution is -1.83. The summed E-state index contributed by atoms with van der Waals surface area (Å²) < 4.78 is 0. The van der Waals surface area contributed by atoms with Gasteiger partial charge in [-0.2, -0.15) is 0 Å². The first-order valence-corrected chi connectivity index (χ1v) is 8.54. The van der Waals surface area contributed by atoms with Gasteiger partial charge in [0.25, 0.3) is 0 Å². The highest BCUT2D eigenvalue weighted by Crippen LogP contribution is 2.33. The Balaban J connectivity index is 1.90. The van der Waals surface area contributed by atoms with Crippen LogP contribution >= 0.6 is 0 Å². The second kappa shape index (κ2) is 5.36. The molecule has 25 heavy (non-hydrogen) atoms. The zero-order chi connectivity index (χ0) is 16.8. The Morgan fingerprint density at radius 2 is 1.16 bits per heavy atom. The number of rotatable bonds is 0. The van der Waals surface area contributed by atoms with E-state index < -0.39 is 0 Å². The highest BCUT2D eigenvalue weighted by Gasteiger charge is 2.06. The molecule has 0 heterocycles. The van der Waals surface area contributed by atoms with E-state index in [1.54, 1.807) is 0 Å². The van der Waals surface area contributed by atoms with Crippen molar-refractivity contribution >= 4 is 43.1 Å². The summed E-state index contributed by atoms with van der Waals surface area (Å²) in [4.78, 5) is 0. The zero-order valence-electron chi connectivity index (χ0n) is 14.0. The molecule has 5 aromatic rings. The monoisotopic (exact) mass is 316 g/mol. The van der Waals surface area contributed by atoms with Crippen molar-refractivity contribution in [3.8, 4) is 11.8 Å². The number of fused-ring (bicyclic) bond motifs is 6. The van der Waals surface area contributed by atoms with Gasteiger partial charge in [0.1, 0.15) is 0 Å². The van der Waals surface area contributed by atoms with Crippen LogP contribution in [0.25, 0.3) is 43.1 Å². The molecule has 0 unspecified atom stereocenters. The molecule has 0 radical (unpaired) electrons. The maximum absolute atomic E-state index is 3.15.